The van der Waals surface area contributed by atoms with Crippen molar-refractivity contribution in [1.82, 2.24) is 20.4 Å². The molecule has 7 nitrogen and oxygen atoms in total. The number of benzene rings is 1. The van der Waals surface area contributed by atoms with Gasteiger partial charge in [0, 0.05) is 36.1 Å². The molecule has 3 rings (SSSR count). The summed E-state index contributed by atoms with van der Waals surface area (Å²) in [5.74, 6) is -0.358. The summed E-state index contributed by atoms with van der Waals surface area (Å²) in [7, 11) is 3.49. The van der Waals surface area contributed by atoms with Crippen molar-refractivity contribution in [3.8, 4) is 0 Å². The van der Waals surface area contributed by atoms with Crippen LogP contribution in [0.3, 0.4) is 0 Å². The number of nitrogens with one attached hydrogen (secondary N) is 2. The molecule has 2 unspecified atom stereocenters. The molecule has 1 aliphatic heterocycles. The lowest BCUT2D eigenvalue weighted by Gasteiger charge is -2.19. The Bertz CT molecular complexity index is 778. The molecule has 140 valence electrons. The first kappa shape index (κ1) is 20.2. The van der Waals surface area contributed by atoms with Crippen molar-refractivity contribution < 1.29 is 9.59 Å². The van der Waals surface area contributed by atoms with Crippen LogP contribution in [0.1, 0.15) is 18.0 Å². The average molecular weight is 398 g/mol. The Morgan fingerprint density at radius 2 is 2.04 bits per heavy atom. The Morgan fingerprint density at radius 3 is 2.62 bits per heavy atom. The number of likely N-dealkylation sites (N-methyl/N-ethyl adjacent to an activating group) is 1. The molecule has 2 amide bonds. The largest absolute Gasteiger partial charge is 0.343 e. The Hall–Kier alpha value is -2.09. The molecule has 1 saturated heterocycles. The van der Waals surface area contributed by atoms with E-state index < -0.39 is 12.1 Å². The minimum absolute atomic E-state index is 0. The maximum absolute atomic E-state index is 12.6. The number of nitrogens with zero attached hydrogens (tertiary/aromatic N) is 3. The van der Waals surface area contributed by atoms with Gasteiger partial charge < -0.3 is 15.5 Å². The molecule has 1 aliphatic rings. The van der Waals surface area contributed by atoms with Crippen molar-refractivity contribution in [3.63, 3.8) is 0 Å². The standard InChI is InChI=1S/C17H20ClN5O2.ClH/c1-19-15(11-9-20-22(2)10-11)16(24)21-14-7-8-23(17(14)25)13-5-3-12(18)4-6-13;/h3-6,9-10,14-15,19H,7-8H2,1-2H3,(H,21,24);1H. The van der Waals surface area contributed by atoms with E-state index in [2.05, 4.69) is 15.7 Å². The second kappa shape index (κ2) is 8.53. The average Bonchev–Trinajstić information content (AvgIpc) is 3.16. The summed E-state index contributed by atoms with van der Waals surface area (Å²) in [6, 6.07) is 6.01. The van der Waals surface area contributed by atoms with Gasteiger partial charge in [0.15, 0.2) is 0 Å². The molecule has 1 aromatic heterocycles. The molecular formula is C17H21Cl2N5O2. The van der Waals surface area contributed by atoms with Crippen molar-refractivity contribution in [3.05, 3.63) is 47.2 Å². The second-order valence-corrected chi connectivity index (χ2v) is 6.42. The molecule has 9 heteroatoms. The number of carbonyl (C=O) groups is 2. The van der Waals surface area contributed by atoms with Crippen LogP contribution in [0.5, 0.6) is 0 Å². The fraction of sp³-hybridized carbons (Fsp3) is 0.353. The van der Waals surface area contributed by atoms with E-state index in [1.165, 1.54) is 0 Å². The first-order chi connectivity index (χ1) is 12.0. The van der Waals surface area contributed by atoms with Gasteiger partial charge in [0.05, 0.1) is 6.20 Å². The normalized spacial score (nSPS) is 17.7. The first-order valence-corrected chi connectivity index (χ1v) is 8.40. The summed E-state index contributed by atoms with van der Waals surface area (Å²) in [4.78, 5) is 26.9. The molecule has 0 spiro atoms. The van der Waals surface area contributed by atoms with Crippen LogP contribution in [-0.2, 0) is 16.6 Å². The number of aromatic nitrogens is 2. The topological polar surface area (TPSA) is 79.3 Å². The molecule has 2 aromatic rings. The van der Waals surface area contributed by atoms with Crippen LogP contribution in [0.25, 0.3) is 0 Å². The van der Waals surface area contributed by atoms with Gasteiger partial charge >= 0.3 is 0 Å². The molecule has 1 aromatic carbocycles. The van der Waals surface area contributed by atoms with Crippen LogP contribution in [-0.4, -0.2) is 41.2 Å². The third-order valence-electron chi connectivity index (χ3n) is 4.27. The molecule has 2 heterocycles. The number of hydrogen-bond acceptors (Lipinski definition) is 4. The maximum Gasteiger partial charge on any atom is 0.249 e. The smallest absolute Gasteiger partial charge is 0.249 e. The zero-order valence-electron chi connectivity index (χ0n) is 14.5. The Morgan fingerprint density at radius 1 is 1.35 bits per heavy atom. The zero-order valence-corrected chi connectivity index (χ0v) is 16.0. The van der Waals surface area contributed by atoms with Crippen LogP contribution >= 0.6 is 24.0 Å². The van der Waals surface area contributed by atoms with E-state index in [0.717, 1.165) is 11.3 Å². The van der Waals surface area contributed by atoms with Crippen molar-refractivity contribution in [2.75, 3.05) is 18.5 Å². The molecule has 0 radical (unpaired) electrons. The van der Waals surface area contributed by atoms with Gasteiger partial charge in [-0.3, -0.25) is 14.3 Å². The van der Waals surface area contributed by atoms with E-state index in [9.17, 15) is 9.59 Å². The SMILES string of the molecule is CNC(C(=O)NC1CCN(c2ccc(Cl)cc2)C1=O)c1cnn(C)c1.Cl. The molecule has 26 heavy (non-hydrogen) atoms. The number of amides is 2. The van der Waals surface area contributed by atoms with Gasteiger partial charge in [-0.1, -0.05) is 11.6 Å². The predicted octanol–water partition coefficient (Wildman–Crippen LogP) is 1.68. The number of anilines is 1. The maximum atomic E-state index is 12.6. The van der Waals surface area contributed by atoms with E-state index in [4.69, 9.17) is 11.6 Å². The van der Waals surface area contributed by atoms with Crippen LogP contribution in [0.4, 0.5) is 5.69 Å². The minimum atomic E-state index is -0.550. The number of aryl methyl sites for hydroxylation is 1. The van der Waals surface area contributed by atoms with E-state index >= 15 is 0 Å². The molecule has 2 N–H and O–H groups in total. The van der Waals surface area contributed by atoms with E-state index in [1.807, 2.05) is 0 Å². The third kappa shape index (κ3) is 4.17. The van der Waals surface area contributed by atoms with Crippen LogP contribution in [0.15, 0.2) is 36.7 Å². The van der Waals surface area contributed by atoms with Gasteiger partial charge in [0.1, 0.15) is 12.1 Å². The number of hydrogen-bond donors (Lipinski definition) is 2. The van der Waals surface area contributed by atoms with E-state index in [0.29, 0.717) is 18.0 Å². The predicted molar refractivity (Wildman–Crippen MR) is 103 cm³/mol. The molecule has 2 atom stereocenters. The lowest BCUT2D eigenvalue weighted by molar-refractivity contribution is -0.127. The lowest BCUT2D eigenvalue weighted by Crippen LogP contribution is -2.45. The summed E-state index contributed by atoms with van der Waals surface area (Å²) in [5, 5.41) is 10.5. The summed E-state index contributed by atoms with van der Waals surface area (Å²) in [5.41, 5.74) is 1.53. The van der Waals surface area contributed by atoms with Gasteiger partial charge in [-0.15, -0.1) is 12.4 Å². The third-order valence-corrected chi connectivity index (χ3v) is 4.52. The molecule has 0 bridgehead atoms. The summed E-state index contributed by atoms with van der Waals surface area (Å²) < 4.78 is 1.63. The van der Waals surface area contributed by atoms with Gasteiger partial charge in [-0.25, -0.2) is 0 Å². The summed E-state index contributed by atoms with van der Waals surface area (Å²) in [6.45, 7) is 0.558. The number of halogens is 2. The minimum Gasteiger partial charge on any atom is -0.343 e. The second-order valence-electron chi connectivity index (χ2n) is 5.99. The van der Waals surface area contributed by atoms with Gasteiger partial charge in [-0.05, 0) is 37.7 Å². The van der Waals surface area contributed by atoms with Gasteiger partial charge in [0.25, 0.3) is 0 Å². The first-order valence-electron chi connectivity index (χ1n) is 8.02. The van der Waals surface area contributed by atoms with Crippen molar-refractivity contribution >= 4 is 41.5 Å². The molecular weight excluding hydrogens is 377 g/mol. The highest BCUT2D eigenvalue weighted by atomic mass is 35.5. The Labute approximate surface area is 163 Å². The molecule has 0 saturated carbocycles. The Kier molecular flexibility index (Phi) is 6.63. The van der Waals surface area contributed by atoms with Crippen LogP contribution in [0.2, 0.25) is 5.02 Å². The fourth-order valence-corrected chi connectivity index (χ4v) is 3.11. The summed E-state index contributed by atoms with van der Waals surface area (Å²) in [6.07, 6.45) is 3.98. The van der Waals surface area contributed by atoms with Gasteiger partial charge in [0.2, 0.25) is 11.8 Å². The zero-order chi connectivity index (χ0) is 18.0. The van der Waals surface area contributed by atoms with E-state index in [-0.39, 0.29) is 24.2 Å². The number of carbonyl (C=O) groups excluding carboxylic acids is 2. The van der Waals surface area contributed by atoms with Crippen molar-refractivity contribution in [2.24, 2.45) is 7.05 Å². The number of rotatable bonds is 5. The highest BCUT2D eigenvalue weighted by Gasteiger charge is 2.35. The molecule has 0 aliphatic carbocycles. The van der Waals surface area contributed by atoms with Crippen molar-refractivity contribution in [2.45, 2.75) is 18.5 Å². The Balaban J connectivity index is 0.00000243. The summed E-state index contributed by atoms with van der Waals surface area (Å²) >= 11 is 5.89. The quantitative estimate of drug-likeness (QED) is 0.804. The van der Waals surface area contributed by atoms with Crippen molar-refractivity contribution in [1.29, 1.82) is 0 Å². The van der Waals surface area contributed by atoms with Gasteiger partial charge in [-0.2, -0.15) is 5.10 Å². The molecule has 1 fully saturated rings. The van der Waals surface area contributed by atoms with Crippen LogP contribution in [0, 0.1) is 0 Å². The lowest BCUT2D eigenvalue weighted by atomic mass is 10.1. The highest BCUT2D eigenvalue weighted by molar-refractivity contribution is 6.30. The highest BCUT2D eigenvalue weighted by Crippen LogP contribution is 2.24. The monoisotopic (exact) mass is 397 g/mol. The van der Waals surface area contributed by atoms with Crippen LogP contribution < -0.4 is 15.5 Å². The van der Waals surface area contributed by atoms with E-state index in [1.54, 1.807) is 60.3 Å². The fourth-order valence-electron chi connectivity index (χ4n) is 2.98.